The van der Waals surface area contributed by atoms with Gasteiger partial charge in [0.1, 0.15) is 5.82 Å². The van der Waals surface area contributed by atoms with Gasteiger partial charge in [-0.1, -0.05) is 34.1 Å². The Bertz CT molecular complexity index is 356. The molecule has 0 aliphatic heterocycles. The lowest BCUT2D eigenvalue weighted by atomic mass is 10.1. The van der Waals surface area contributed by atoms with Gasteiger partial charge >= 0.3 is 0 Å². The number of carbonyl (C=O) groups excluding carboxylic acids is 1. The van der Waals surface area contributed by atoms with Gasteiger partial charge in [0.15, 0.2) is 0 Å². The summed E-state index contributed by atoms with van der Waals surface area (Å²) < 4.78 is 13.4. The van der Waals surface area contributed by atoms with E-state index in [9.17, 15) is 9.18 Å². The predicted molar refractivity (Wildman–Crippen MR) is 61.4 cm³/mol. The van der Waals surface area contributed by atoms with Crippen LogP contribution in [-0.2, 0) is 4.79 Å². The Morgan fingerprint density at radius 3 is 2.67 bits per heavy atom. The van der Waals surface area contributed by atoms with Crippen molar-refractivity contribution in [3.63, 3.8) is 0 Å². The van der Waals surface area contributed by atoms with E-state index in [2.05, 4.69) is 15.9 Å². The molecule has 0 spiro atoms. The Morgan fingerprint density at radius 2 is 2.13 bits per heavy atom. The molecule has 82 valence electrons. The smallest absolute Gasteiger partial charge is 0.233 e. The highest BCUT2D eigenvalue weighted by Crippen LogP contribution is 2.21. The van der Waals surface area contributed by atoms with Crippen LogP contribution in [0.5, 0.6) is 0 Å². The molecular formula is C11H13BrFNO. The van der Waals surface area contributed by atoms with Gasteiger partial charge in [-0.3, -0.25) is 4.79 Å². The van der Waals surface area contributed by atoms with Crippen LogP contribution in [0, 0.1) is 5.82 Å². The first-order valence-electron chi connectivity index (χ1n) is 4.64. The van der Waals surface area contributed by atoms with Crippen molar-refractivity contribution in [2.45, 2.75) is 13.0 Å². The molecule has 0 saturated carbocycles. The van der Waals surface area contributed by atoms with E-state index < -0.39 is 0 Å². The van der Waals surface area contributed by atoms with E-state index in [-0.39, 0.29) is 23.1 Å². The molecule has 1 atom stereocenters. The summed E-state index contributed by atoms with van der Waals surface area (Å²) in [5, 5.41) is 0.252. The van der Waals surface area contributed by atoms with Gasteiger partial charge in [0, 0.05) is 12.6 Å². The third kappa shape index (κ3) is 2.78. The molecule has 1 aromatic rings. The van der Waals surface area contributed by atoms with Crippen LogP contribution in [-0.4, -0.2) is 23.2 Å². The number of amides is 1. The van der Waals surface area contributed by atoms with Crippen LogP contribution >= 0.6 is 15.9 Å². The standard InChI is InChI=1S/C11H13BrFNO/c1-8(14(2)11(15)7-12)9-5-3-4-6-10(9)13/h3-6,8H,7H2,1-2H3. The van der Waals surface area contributed by atoms with Gasteiger partial charge < -0.3 is 4.90 Å². The van der Waals surface area contributed by atoms with E-state index >= 15 is 0 Å². The average Bonchev–Trinajstić information content (AvgIpc) is 2.26. The van der Waals surface area contributed by atoms with Crippen molar-refractivity contribution in [3.05, 3.63) is 35.6 Å². The van der Waals surface area contributed by atoms with Gasteiger partial charge in [-0.2, -0.15) is 0 Å². The van der Waals surface area contributed by atoms with Crippen molar-refractivity contribution < 1.29 is 9.18 Å². The molecule has 4 heteroatoms. The summed E-state index contributed by atoms with van der Waals surface area (Å²) in [5.41, 5.74) is 0.536. The van der Waals surface area contributed by atoms with Crippen LogP contribution in [0.15, 0.2) is 24.3 Å². The molecule has 0 N–H and O–H groups in total. The van der Waals surface area contributed by atoms with Crippen LogP contribution in [0.3, 0.4) is 0 Å². The molecule has 1 amide bonds. The monoisotopic (exact) mass is 273 g/mol. The third-order valence-corrected chi connectivity index (χ3v) is 2.92. The molecule has 1 rings (SSSR count). The van der Waals surface area contributed by atoms with E-state index in [0.29, 0.717) is 5.56 Å². The number of alkyl halides is 1. The number of carbonyl (C=O) groups is 1. The zero-order chi connectivity index (χ0) is 11.4. The van der Waals surface area contributed by atoms with E-state index in [1.807, 2.05) is 0 Å². The lowest BCUT2D eigenvalue weighted by Gasteiger charge is -2.24. The van der Waals surface area contributed by atoms with E-state index in [0.717, 1.165) is 0 Å². The molecule has 0 saturated heterocycles. The summed E-state index contributed by atoms with van der Waals surface area (Å²) >= 11 is 3.09. The fourth-order valence-electron chi connectivity index (χ4n) is 1.33. The quantitative estimate of drug-likeness (QED) is 0.776. The molecule has 0 fully saturated rings. The number of benzene rings is 1. The first-order chi connectivity index (χ1) is 7.07. The first kappa shape index (κ1) is 12.2. The Morgan fingerprint density at radius 1 is 1.53 bits per heavy atom. The normalized spacial score (nSPS) is 12.3. The maximum Gasteiger partial charge on any atom is 0.233 e. The third-order valence-electron chi connectivity index (χ3n) is 2.44. The minimum absolute atomic E-state index is 0.0641. The summed E-state index contributed by atoms with van der Waals surface area (Å²) in [7, 11) is 1.67. The molecule has 0 aliphatic carbocycles. The fourth-order valence-corrected chi connectivity index (χ4v) is 1.73. The Labute approximate surface area is 97.2 Å². The maximum atomic E-state index is 13.4. The molecule has 2 nitrogen and oxygen atoms in total. The van der Waals surface area contributed by atoms with E-state index in [1.54, 1.807) is 32.2 Å². The number of rotatable bonds is 3. The van der Waals surface area contributed by atoms with E-state index in [4.69, 9.17) is 0 Å². The van der Waals surface area contributed by atoms with Gasteiger partial charge in [-0.25, -0.2) is 4.39 Å². The van der Waals surface area contributed by atoms with Gasteiger partial charge in [0.05, 0.1) is 11.4 Å². The topological polar surface area (TPSA) is 20.3 Å². The minimum Gasteiger partial charge on any atom is -0.338 e. The Kier molecular flexibility index (Phi) is 4.27. The van der Waals surface area contributed by atoms with Gasteiger partial charge in [-0.15, -0.1) is 0 Å². The molecule has 0 radical (unpaired) electrons. The SMILES string of the molecule is CC(c1ccccc1F)N(C)C(=O)CBr. The molecule has 15 heavy (non-hydrogen) atoms. The average molecular weight is 274 g/mol. The van der Waals surface area contributed by atoms with Crippen molar-refractivity contribution >= 4 is 21.8 Å². The minimum atomic E-state index is -0.278. The molecule has 1 aromatic carbocycles. The summed E-state index contributed by atoms with van der Waals surface area (Å²) in [6.45, 7) is 1.80. The molecule has 0 aromatic heterocycles. The molecule has 0 bridgehead atoms. The highest BCUT2D eigenvalue weighted by Gasteiger charge is 2.18. The Balaban J connectivity index is 2.89. The fraction of sp³-hybridized carbons (Fsp3) is 0.364. The van der Waals surface area contributed by atoms with Crippen LogP contribution in [0.4, 0.5) is 4.39 Å². The summed E-state index contributed by atoms with van der Waals surface area (Å²) in [6, 6.07) is 6.24. The Hall–Kier alpha value is -0.900. The number of hydrogen-bond acceptors (Lipinski definition) is 1. The van der Waals surface area contributed by atoms with Crippen LogP contribution < -0.4 is 0 Å². The van der Waals surface area contributed by atoms with E-state index in [1.165, 1.54) is 11.0 Å². The van der Waals surface area contributed by atoms with Crippen molar-refractivity contribution in [2.75, 3.05) is 12.4 Å². The lowest BCUT2D eigenvalue weighted by Crippen LogP contribution is -2.30. The van der Waals surface area contributed by atoms with Crippen LogP contribution in [0.25, 0.3) is 0 Å². The van der Waals surface area contributed by atoms with Crippen LogP contribution in [0.1, 0.15) is 18.5 Å². The molecule has 1 unspecified atom stereocenters. The second-order valence-electron chi connectivity index (χ2n) is 3.34. The summed E-state index contributed by atoms with van der Waals surface area (Å²) in [5.74, 6) is -0.343. The molecule has 0 heterocycles. The summed E-state index contributed by atoms with van der Waals surface area (Å²) in [4.78, 5) is 12.9. The van der Waals surface area contributed by atoms with Gasteiger partial charge in [0.2, 0.25) is 5.91 Å². The van der Waals surface area contributed by atoms with Crippen molar-refractivity contribution in [1.29, 1.82) is 0 Å². The number of nitrogens with zero attached hydrogens (tertiary/aromatic N) is 1. The van der Waals surface area contributed by atoms with Crippen molar-refractivity contribution in [3.8, 4) is 0 Å². The highest BCUT2D eigenvalue weighted by molar-refractivity contribution is 9.09. The van der Waals surface area contributed by atoms with Crippen molar-refractivity contribution in [2.24, 2.45) is 0 Å². The van der Waals surface area contributed by atoms with Gasteiger partial charge in [0.25, 0.3) is 0 Å². The highest BCUT2D eigenvalue weighted by atomic mass is 79.9. The molecule has 0 aliphatic rings. The largest absolute Gasteiger partial charge is 0.338 e. The second-order valence-corrected chi connectivity index (χ2v) is 3.90. The van der Waals surface area contributed by atoms with Crippen molar-refractivity contribution in [1.82, 2.24) is 4.90 Å². The maximum absolute atomic E-state index is 13.4. The predicted octanol–water partition coefficient (Wildman–Crippen LogP) is 2.74. The summed E-state index contributed by atoms with van der Waals surface area (Å²) in [6.07, 6.45) is 0. The zero-order valence-corrected chi connectivity index (χ0v) is 10.3. The number of halogens is 2. The van der Waals surface area contributed by atoms with Gasteiger partial charge in [-0.05, 0) is 13.0 Å². The number of hydrogen-bond donors (Lipinski definition) is 0. The second kappa shape index (κ2) is 5.26. The van der Waals surface area contributed by atoms with Crippen LogP contribution in [0.2, 0.25) is 0 Å². The first-order valence-corrected chi connectivity index (χ1v) is 5.76. The lowest BCUT2D eigenvalue weighted by molar-refractivity contribution is -0.128. The zero-order valence-electron chi connectivity index (χ0n) is 8.71. The molecular weight excluding hydrogens is 261 g/mol.